The van der Waals surface area contributed by atoms with E-state index < -0.39 is 0 Å². The standard InChI is InChI=1S/C27H45N3O2S/c1-6-8-20-33-28(5)21-24(4)13-17-29-18-14-26(15-19-29)30(16-7-2)27(31)32-22-25-11-9-23(3)10-12-25/h7,9-12,24,26H,2,6,8,13-22H2,1,3-5H3. The minimum absolute atomic E-state index is 0.225. The summed E-state index contributed by atoms with van der Waals surface area (Å²) in [5.74, 6) is 1.91. The average Bonchev–Trinajstić information content (AvgIpc) is 2.81. The first kappa shape index (κ1) is 27.7. The van der Waals surface area contributed by atoms with Crippen LogP contribution in [-0.2, 0) is 11.3 Å². The van der Waals surface area contributed by atoms with E-state index in [1.54, 1.807) is 6.08 Å². The maximum atomic E-state index is 12.8. The highest BCUT2D eigenvalue weighted by Crippen LogP contribution is 2.20. The SMILES string of the molecule is C=CCN(C(=O)OCc1ccc(C)cc1)C1CCN(CCC(C)CN(C)SCCCC)CC1. The highest BCUT2D eigenvalue weighted by molar-refractivity contribution is 7.96. The summed E-state index contributed by atoms with van der Waals surface area (Å²) in [6.07, 6.45) is 7.34. The van der Waals surface area contributed by atoms with Gasteiger partial charge < -0.3 is 14.5 Å². The molecule has 0 aliphatic carbocycles. The second-order valence-electron chi connectivity index (χ2n) is 9.45. The Morgan fingerprint density at radius 3 is 2.64 bits per heavy atom. The number of benzene rings is 1. The van der Waals surface area contributed by atoms with Crippen LogP contribution in [0.1, 0.15) is 57.1 Å². The molecule has 1 amide bonds. The van der Waals surface area contributed by atoms with Crippen LogP contribution >= 0.6 is 11.9 Å². The molecule has 2 rings (SSSR count). The van der Waals surface area contributed by atoms with Gasteiger partial charge in [0.15, 0.2) is 0 Å². The maximum absolute atomic E-state index is 12.8. The molecule has 33 heavy (non-hydrogen) atoms. The molecule has 1 aromatic carbocycles. The van der Waals surface area contributed by atoms with Gasteiger partial charge in [-0.2, -0.15) is 0 Å². The summed E-state index contributed by atoms with van der Waals surface area (Å²) in [7, 11) is 2.22. The first-order valence-electron chi connectivity index (χ1n) is 12.6. The smallest absolute Gasteiger partial charge is 0.410 e. The number of aryl methyl sites for hydroxylation is 1. The van der Waals surface area contributed by atoms with Gasteiger partial charge in [0.25, 0.3) is 0 Å². The number of ether oxygens (including phenoxy) is 1. The highest BCUT2D eigenvalue weighted by atomic mass is 32.2. The number of hydrogen-bond donors (Lipinski definition) is 0. The molecule has 1 aliphatic heterocycles. The molecule has 5 nitrogen and oxygen atoms in total. The van der Waals surface area contributed by atoms with E-state index >= 15 is 0 Å². The summed E-state index contributed by atoms with van der Waals surface area (Å²) in [5, 5.41) is 0. The van der Waals surface area contributed by atoms with Gasteiger partial charge in [-0.3, -0.25) is 4.31 Å². The third kappa shape index (κ3) is 10.5. The number of piperidine rings is 1. The van der Waals surface area contributed by atoms with Crippen LogP contribution < -0.4 is 0 Å². The van der Waals surface area contributed by atoms with Crippen molar-refractivity contribution < 1.29 is 9.53 Å². The average molecular weight is 476 g/mol. The van der Waals surface area contributed by atoms with Crippen LogP contribution in [0.4, 0.5) is 4.79 Å². The van der Waals surface area contributed by atoms with Gasteiger partial charge in [-0.05, 0) is 57.7 Å². The molecule has 1 heterocycles. The molecule has 186 valence electrons. The number of rotatable bonds is 14. The van der Waals surface area contributed by atoms with Crippen molar-refractivity contribution in [2.24, 2.45) is 5.92 Å². The monoisotopic (exact) mass is 475 g/mol. The molecule has 0 bridgehead atoms. The van der Waals surface area contributed by atoms with E-state index in [-0.39, 0.29) is 12.1 Å². The molecule has 0 spiro atoms. The Hall–Kier alpha value is -1.50. The summed E-state index contributed by atoms with van der Waals surface area (Å²) < 4.78 is 8.04. The molecule has 0 radical (unpaired) electrons. The molecule has 0 N–H and O–H groups in total. The molecular formula is C27H45N3O2S. The third-order valence-corrected chi connectivity index (χ3v) is 7.42. The van der Waals surface area contributed by atoms with E-state index in [1.165, 1.54) is 30.6 Å². The van der Waals surface area contributed by atoms with Gasteiger partial charge in [0, 0.05) is 38.0 Å². The fraction of sp³-hybridized carbons (Fsp3) is 0.667. The Bertz CT molecular complexity index is 689. The topological polar surface area (TPSA) is 36.0 Å². The lowest BCUT2D eigenvalue weighted by Gasteiger charge is -2.38. The zero-order valence-electron chi connectivity index (χ0n) is 21.3. The van der Waals surface area contributed by atoms with Crippen LogP contribution in [-0.4, -0.2) is 71.8 Å². The van der Waals surface area contributed by atoms with Gasteiger partial charge in [0.05, 0.1) is 0 Å². The molecule has 1 atom stereocenters. The summed E-state index contributed by atoms with van der Waals surface area (Å²) in [4.78, 5) is 17.2. The molecule has 1 aliphatic rings. The van der Waals surface area contributed by atoms with Crippen molar-refractivity contribution in [3.63, 3.8) is 0 Å². The molecule has 0 aromatic heterocycles. The fourth-order valence-corrected chi connectivity index (χ4v) is 5.32. The van der Waals surface area contributed by atoms with Crippen LogP contribution in [0, 0.1) is 12.8 Å². The fourth-order valence-electron chi connectivity index (χ4n) is 4.23. The molecule has 1 saturated heterocycles. The van der Waals surface area contributed by atoms with E-state index in [2.05, 4.69) is 43.6 Å². The Balaban J connectivity index is 1.72. The van der Waals surface area contributed by atoms with Crippen molar-refractivity contribution in [3.8, 4) is 0 Å². The van der Waals surface area contributed by atoms with Crippen LogP contribution in [0.5, 0.6) is 0 Å². The molecule has 1 fully saturated rings. The van der Waals surface area contributed by atoms with E-state index in [0.717, 1.165) is 44.6 Å². The number of likely N-dealkylation sites (tertiary alicyclic amines) is 1. The summed E-state index contributed by atoms with van der Waals surface area (Å²) in [5.41, 5.74) is 2.23. The number of carbonyl (C=O) groups excluding carboxylic acids is 1. The number of amides is 1. The van der Waals surface area contributed by atoms with Crippen molar-refractivity contribution in [2.45, 2.75) is 65.5 Å². The molecule has 6 heteroatoms. The highest BCUT2D eigenvalue weighted by Gasteiger charge is 2.28. The predicted octanol–water partition coefficient (Wildman–Crippen LogP) is 5.99. The maximum Gasteiger partial charge on any atom is 0.410 e. The van der Waals surface area contributed by atoms with E-state index in [0.29, 0.717) is 19.1 Å². The van der Waals surface area contributed by atoms with Gasteiger partial charge in [0.1, 0.15) is 6.61 Å². The lowest BCUT2D eigenvalue weighted by atomic mass is 10.0. The van der Waals surface area contributed by atoms with Crippen LogP contribution in [0.2, 0.25) is 0 Å². The first-order chi connectivity index (χ1) is 15.9. The lowest BCUT2D eigenvalue weighted by Crippen LogP contribution is -2.48. The van der Waals surface area contributed by atoms with Crippen LogP contribution in [0.3, 0.4) is 0 Å². The Morgan fingerprint density at radius 1 is 1.30 bits per heavy atom. The largest absolute Gasteiger partial charge is 0.445 e. The number of unbranched alkanes of at least 4 members (excludes halogenated alkanes) is 1. The Labute approximate surface area is 206 Å². The first-order valence-corrected chi connectivity index (χ1v) is 13.5. The van der Waals surface area contributed by atoms with Crippen molar-refractivity contribution in [3.05, 3.63) is 48.0 Å². The summed E-state index contributed by atoms with van der Waals surface area (Å²) in [6, 6.07) is 8.35. The normalized spacial score (nSPS) is 16.0. The lowest BCUT2D eigenvalue weighted by molar-refractivity contribution is 0.0651. The van der Waals surface area contributed by atoms with Crippen molar-refractivity contribution >= 4 is 18.0 Å². The second-order valence-corrected chi connectivity index (χ2v) is 10.7. The van der Waals surface area contributed by atoms with Gasteiger partial charge in [-0.15, -0.1) is 6.58 Å². The zero-order valence-corrected chi connectivity index (χ0v) is 22.1. The van der Waals surface area contributed by atoms with E-state index in [4.69, 9.17) is 4.74 Å². The minimum Gasteiger partial charge on any atom is -0.445 e. The quantitative estimate of drug-likeness (QED) is 0.188. The van der Waals surface area contributed by atoms with Crippen LogP contribution in [0.25, 0.3) is 0 Å². The van der Waals surface area contributed by atoms with Gasteiger partial charge in [-0.25, -0.2) is 4.79 Å². The van der Waals surface area contributed by atoms with Crippen LogP contribution in [0.15, 0.2) is 36.9 Å². The Morgan fingerprint density at radius 2 is 2.00 bits per heavy atom. The molecular weight excluding hydrogens is 430 g/mol. The molecule has 1 aromatic rings. The van der Waals surface area contributed by atoms with Gasteiger partial charge in [0.2, 0.25) is 0 Å². The van der Waals surface area contributed by atoms with Crippen molar-refractivity contribution in [2.75, 3.05) is 45.5 Å². The van der Waals surface area contributed by atoms with E-state index in [1.807, 2.05) is 41.1 Å². The number of hydrogen-bond acceptors (Lipinski definition) is 5. The zero-order chi connectivity index (χ0) is 24.1. The third-order valence-electron chi connectivity index (χ3n) is 6.36. The molecule has 0 saturated carbocycles. The van der Waals surface area contributed by atoms with Crippen molar-refractivity contribution in [1.29, 1.82) is 0 Å². The number of carbonyl (C=O) groups is 1. The summed E-state index contributed by atoms with van der Waals surface area (Å²) >= 11 is 1.97. The predicted molar refractivity (Wildman–Crippen MR) is 142 cm³/mol. The minimum atomic E-state index is -0.230. The second kappa shape index (κ2) is 15.4. The Kier molecular flexibility index (Phi) is 13.0. The van der Waals surface area contributed by atoms with Crippen molar-refractivity contribution in [1.82, 2.24) is 14.1 Å². The number of nitrogens with zero attached hydrogens (tertiary/aromatic N) is 3. The van der Waals surface area contributed by atoms with Gasteiger partial charge in [-0.1, -0.05) is 68.1 Å². The molecule has 1 unspecified atom stereocenters. The van der Waals surface area contributed by atoms with E-state index in [9.17, 15) is 4.79 Å². The van der Waals surface area contributed by atoms with Gasteiger partial charge >= 0.3 is 6.09 Å². The summed E-state index contributed by atoms with van der Waals surface area (Å²) in [6.45, 7) is 15.7.